The molecule has 0 saturated carbocycles. The van der Waals surface area contributed by atoms with Crippen LogP contribution in [0.1, 0.15) is 16.5 Å². The average molecular weight is 281 g/mol. The van der Waals surface area contributed by atoms with Crippen LogP contribution >= 0.6 is 23.2 Å². The number of nitrogens with zero attached hydrogens (tertiary/aromatic N) is 2. The predicted molar refractivity (Wildman–Crippen MR) is 74.1 cm³/mol. The molecule has 0 aromatic heterocycles. The van der Waals surface area contributed by atoms with Crippen molar-refractivity contribution in [3.8, 4) is 0 Å². The fourth-order valence-electron chi connectivity index (χ4n) is 1.37. The summed E-state index contributed by atoms with van der Waals surface area (Å²) in [4.78, 5) is 1.07. The molecule has 2 nitrogen and oxygen atoms in total. The van der Waals surface area contributed by atoms with Crippen molar-refractivity contribution in [1.29, 1.82) is 0 Å². The quantitative estimate of drug-likeness (QED) is 0.840. The smallest absolute Gasteiger partial charge is 0.0595 e. The monoisotopic (exact) mass is 280 g/mol. The Hall–Kier alpha value is -0.280. The second kappa shape index (κ2) is 6.05. The van der Waals surface area contributed by atoms with Crippen LogP contribution in [0.4, 0.5) is 0 Å². The Balaban J connectivity index is 2.37. The molecule has 0 radical (unpaired) electrons. The van der Waals surface area contributed by atoms with Gasteiger partial charge in [-0.1, -0.05) is 29.3 Å². The summed E-state index contributed by atoms with van der Waals surface area (Å²) in [5.74, 6) is 0. The molecule has 0 N–H and O–H groups in total. The third-order valence-corrected chi connectivity index (χ3v) is 3.05. The van der Waals surface area contributed by atoms with Crippen LogP contribution in [0.15, 0.2) is 18.2 Å². The maximum Gasteiger partial charge on any atom is 0.0595 e. The highest BCUT2D eigenvalue weighted by Crippen LogP contribution is 2.22. The first-order valence-corrected chi connectivity index (χ1v) is 5.88. The second-order valence-corrected chi connectivity index (χ2v) is 4.47. The summed E-state index contributed by atoms with van der Waals surface area (Å²) >= 11 is 11.8. The molecule has 0 bridgehead atoms. The van der Waals surface area contributed by atoms with E-state index in [1.807, 2.05) is 0 Å². The van der Waals surface area contributed by atoms with Gasteiger partial charge in [-0.2, -0.15) is 0 Å². The van der Waals surface area contributed by atoms with Crippen molar-refractivity contribution in [2.75, 3.05) is 39.6 Å². The van der Waals surface area contributed by atoms with E-state index in [1.165, 1.54) is 0 Å². The van der Waals surface area contributed by atoms with E-state index >= 15 is 0 Å². The first-order valence-electron chi connectivity index (χ1n) is 9.13. The van der Waals surface area contributed by atoms with Crippen LogP contribution in [0.25, 0.3) is 0 Å². The Morgan fingerprint density at radius 3 is 2.53 bits per heavy atom. The first-order chi connectivity index (χ1) is 11.2. The Kier molecular flexibility index (Phi) is 2.22. The van der Waals surface area contributed by atoms with Crippen molar-refractivity contribution < 1.29 is 11.0 Å². The molecule has 0 spiro atoms. The molecule has 94 valence electrons. The minimum absolute atomic E-state index is 0.145. The van der Waals surface area contributed by atoms with E-state index < -0.39 is 26.0 Å². The number of likely N-dealkylation sites (N-methyl/N-ethyl adjacent to an activating group) is 1. The lowest BCUT2D eigenvalue weighted by atomic mass is 10.1. The SMILES string of the molecule is [2H]C1([2H])N(C)C([2H])([2H])C([2H])([2H])N(CCc2ccc(Cl)c(Cl)c2)C1([2H])[2H]. The van der Waals surface area contributed by atoms with Crippen molar-refractivity contribution in [1.82, 2.24) is 9.80 Å². The van der Waals surface area contributed by atoms with E-state index in [0.717, 1.165) is 7.05 Å². The molecule has 0 aliphatic carbocycles. The van der Waals surface area contributed by atoms with E-state index in [0.29, 0.717) is 25.4 Å². The molecular formula is C13H18Cl2N2. The average Bonchev–Trinajstić information content (AvgIpc) is 2.48. The lowest BCUT2D eigenvalue weighted by molar-refractivity contribution is 0.155. The number of hydrogen-bond acceptors (Lipinski definition) is 2. The summed E-state index contributed by atoms with van der Waals surface area (Å²) in [6, 6.07) is 4.78. The molecule has 17 heavy (non-hydrogen) atoms. The Bertz CT molecular complexity index is 639. The third kappa shape index (κ3) is 3.85. The molecule has 1 aromatic rings. The molecule has 1 saturated heterocycles. The zero-order chi connectivity index (χ0) is 19.4. The summed E-state index contributed by atoms with van der Waals surface area (Å²) in [5.41, 5.74) is 0.654. The van der Waals surface area contributed by atoms with E-state index in [9.17, 15) is 0 Å². The fraction of sp³-hybridized carbons (Fsp3) is 0.538. The summed E-state index contributed by atoms with van der Waals surface area (Å²) in [7, 11) is 1.03. The zero-order valence-electron chi connectivity index (χ0n) is 17.3. The topological polar surface area (TPSA) is 6.48 Å². The van der Waals surface area contributed by atoms with Gasteiger partial charge in [-0.3, -0.25) is 0 Å². The minimum atomic E-state index is -2.76. The summed E-state index contributed by atoms with van der Waals surface area (Å²) in [5, 5.41) is 0.651. The van der Waals surface area contributed by atoms with Gasteiger partial charge < -0.3 is 9.80 Å². The highest BCUT2D eigenvalue weighted by molar-refractivity contribution is 6.42. The number of halogens is 2. The molecule has 0 amide bonds. The summed E-state index contributed by atoms with van der Waals surface area (Å²) in [6.45, 7) is -11.2. The van der Waals surface area contributed by atoms with Crippen LogP contribution in [-0.2, 0) is 6.42 Å². The van der Waals surface area contributed by atoms with Crippen LogP contribution in [0, 0.1) is 0 Å². The maximum absolute atomic E-state index is 8.11. The van der Waals surface area contributed by atoms with Gasteiger partial charge in [0.1, 0.15) is 0 Å². The highest BCUT2D eigenvalue weighted by Gasteiger charge is 2.13. The minimum Gasteiger partial charge on any atom is -0.304 e. The van der Waals surface area contributed by atoms with Gasteiger partial charge in [0, 0.05) is 43.5 Å². The van der Waals surface area contributed by atoms with E-state index in [-0.39, 0.29) is 13.0 Å². The molecule has 1 aliphatic heterocycles. The molecular weight excluding hydrogens is 255 g/mol. The Labute approximate surface area is 124 Å². The Morgan fingerprint density at radius 2 is 1.88 bits per heavy atom. The van der Waals surface area contributed by atoms with Gasteiger partial charge in [-0.25, -0.2) is 0 Å². The van der Waals surface area contributed by atoms with Crippen molar-refractivity contribution in [3.63, 3.8) is 0 Å². The number of rotatable bonds is 3. The van der Waals surface area contributed by atoms with Crippen molar-refractivity contribution in [2.45, 2.75) is 6.42 Å². The van der Waals surface area contributed by atoms with Crippen LogP contribution < -0.4 is 0 Å². The molecule has 1 aromatic carbocycles. The lowest BCUT2D eigenvalue weighted by Gasteiger charge is -2.32. The van der Waals surface area contributed by atoms with Gasteiger partial charge in [0.2, 0.25) is 0 Å². The van der Waals surface area contributed by atoms with E-state index in [2.05, 4.69) is 0 Å². The van der Waals surface area contributed by atoms with Gasteiger partial charge in [0.05, 0.1) is 10.0 Å². The molecule has 1 heterocycles. The largest absolute Gasteiger partial charge is 0.304 e. The fourth-order valence-corrected chi connectivity index (χ4v) is 1.70. The van der Waals surface area contributed by atoms with Gasteiger partial charge >= 0.3 is 0 Å². The normalized spacial score (nSPS) is 37.4. The van der Waals surface area contributed by atoms with Crippen LogP contribution in [0.5, 0.6) is 0 Å². The maximum atomic E-state index is 8.11. The van der Waals surface area contributed by atoms with Gasteiger partial charge in [-0.05, 0) is 31.2 Å². The van der Waals surface area contributed by atoms with Crippen molar-refractivity contribution >= 4 is 23.2 Å². The standard InChI is InChI=1S/C13H18Cl2N2/c1-16-6-8-17(9-7-16)5-4-11-2-3-12(14)13(15)10-11/h2-3,10H,4-9H2,1H3/i6D2,7D2,8D2,9D2. The number of benzene rings is 1. The van der Waals surface area contributed by atoms with Gasteiger partial charge in [0.25, 0.3) is 0 Å². The zero-order valence-corrected chi connectivity index (χ0v) is 10.8. The highest BCUT2D eigenvalue weighted by atomic mass is 35.5. The number of piperazine rings is 1. The molecule has 1 fully saturated rings. The molecule has 2 rings (SSSR count). The second-order valence-electron chi connectivity index (χ2n) is 3.66. The first kappa shape index (κ1) is 6.25. The number of hydrogen-bond donors (Lipinski definition) is 0. The van der Waals surface area contributed by atoms with Crippen LogP contribution in [0.2, 0.25) is 10.0 Å². The summed E-state index contributed by atoms with van der Waals surface area (Å²) < 4.78 is 64.3. The van der Waals surface area contributed by atoms with Crippen LogP contribution in [0.3, 0.4) is 0 Å². The molecule has 4 heteroatoms. The molecule has 1 aliphatic rings. The van der Waals surface area contributed by atoms with E-state index in [1.54, 1.807) is 18.2 Å². The predicted octanol–water partition coefficient (Wildman–Crippen LogP) is 2.78. The third-order valence-electron chi connectivity index (χ3n) is 2.31. The molecule has 0 unspecified atom stereocenters. The van der Waals surface area contributed by atoms with Crippen LogP contribution in [-0.4, -0.2) is 49.4 Å². The van der Waals surface area contributed by atoms with E-state index in [4.69, 9.17) is 34.2 Å². The van der Waals surface area contributed by atoms with Crippen molar-refractivity contribution in [2.24, 2.45) is 0 Å². The van der Waals surface area contributed by atoms with Crippen molar-refractivity contribution in [3.05, 3.63) is 33.8 Å². The van der Waals surface area contributed by atoms with Gasteiger partial charge in [-0.15, -0.1) is 0 Å². The molecule has 0 atom stereocenters. The van der Waals surface area contributed by atoms with Gasteiger partial charge in [0.15, 0.2) is 0 Å². The lowest BCUT2D eigenvalue weighted by Crippen LogP contribution is -2.45. The summed E-state index contributed by atoms with van der Waals surface area (Å²) in [6.07, 6.45) is 0.145. The Morgan fingerprint density at radius 1 is 1.18 bits per heavy atom.